The summed E-state index contributed by atoms with van der Waals surface area (Å²) in [5.74, 6) is 0.487. The van der Waals surface area contributed by atoms with Crippen molar-refractivity contribution in [1.82, 2.24) is 15.0 Å². The Kier molecular flexibility index (Phi) is 4.80. The van der Waals surface area contributed by atoms with E-state index in [1.807, 2.05) is 0 Å². The van der Waals surface area contributed by atoms with E-state index in [4.69, 9.17) is 23.2 Å². The van der Waals surface area contributed by atoms with Crippen LogP contribution in [0.5, 0.6) is 0 Å². The number of nitrogens with zero attached hydrogens (tertiary/aromatic N) is 3. The number of hydrogen-bond donors (Lipinski definition) is 1. The quantitative estimate of drug-likeness (QED) is 0.894. The van der Waals surface area contributed by atoms with Crippen LogP contribution in [-0.4, -0.2) is 21.0 Å². The summed E-state index contributed by atoms with van der Waals surface area (Å²) < 4.78 is 0. The molecule has 0 spiro atoms. The van der Waals surface area contributed by atoms with E-state index in [0.717, 1.165) is 12.8 Å². The molecule has 6 heteroatoms. The van der Waals surface area contributed by atoms with Gasteiger partial charge in [0.05, 0.1) is 0 Å². The molecule has 94 valence electrons. The van der Waals surface area contributed by atoms with Crippen LogP contribution in [0.25, 0.3) is 0 Å². The second kappa shape index (κ2) is 6.36. The monoisotopic (exact) mass is 274 g/mol. The lowest BCUT2D eigenvalue weighted by Crippen LogP contribution is -2.22. The SMILES string of the molecule is Clc1nc(Cl)nc(NC2CCCCCCC2)n1. The smallest absolute Gasteiger partial charge is 0.228 e. The molecular formula is C11H16Cl2N4. The first kappa shape index (κ1) is 12.8. The highest BCUT2D eigenvalue weighted by Gasteiger charge is 2.13. The molecule has 1 aliphatic carbocycles. The molecule has 0 saturated heterocycles. The summed E-state index contributed by atoms with van der Waals surface area (Å²) in [6, 6.07) is 0.421. The van der Waals surface area contributed by atoms with Gasteiger partial charge < -0.3 is 5.32 Å². The van der Waals surface area contributed by atoms with E-state index in [1.54, 1.807) is 0 Å². The van der Waals surface area contributed by atoms with Crippen LogP contribution in [0.15, 0.2) is 0 Å². The summed E-state index contributed by atoms with van der Waals surface area (Å²) >= 11 is 11.5. The first-order valence-electron chi connectivity index (χ1n) is 6.07. The minimum absolute atomic E-state index is 0.137. The molecule has 2 rings (SSSR count). The summed E-state index contributed by atoms with van der Waals surface area (Å²) in [5, 5.41) is 3.57. The van der Waals surface area contributed by atoms with Crippen molar-refractivity contribution in [2.24, 2.45) is 0 Å². The minimum Gasteiger partial charge on any atom is -0.351 e. The Labute approximate surface area is 111 Å². The van der Waals surface area contributed by atoms with Gasteiger partial charge in [-0.05, 0) is 36.0 Å². The van der Waals surface area contributed by atoms with Gasteiger partial charge in [0.15, 0.2) is 0 Å². The first-order chi connectivity index (χ1) is 8.24. The zero-order valence-corrected chi connectivity index (χ0v) is 11.1. The van der Waals surface area contributed by atoms with Crippen molar-refractivity contribution in [3.63, 3.8) is 0 Å². The number of rotatable bonds is 2. The highest BCUT2D eigenvalue weighted by atomic mass is 35.5. The average Bonchev–Trinajstić information content (AvgIpc) is 2.20. The Morgan fingerprint density at radius 1 is 0.824 bits per heavy atom. The van der Waals surface area contributed by atoms with Crippen LogP contribution in [0.4, 0.5) is 5.95 Å². The first-order valence-corrected chi connectivity index (χ1v) is 6.83. The van der Waals surface area contributed by atoms with Gasteiger partial charge >= 0.3 is 0 Å². The molecule has 1 aromatic rings. The van der Waals surface area contributed by atoms with E-state index < -0.39 is 0 Å². The third kappa shape index (κ3) is 4.28. The molecule has 0 radical (unpaired) electrons. The Morgan fingerprint density at radius 2 is 1.35 bits per heavy atom. The molecule has 1 heterocycles. The van der Waals surface area contributed by atoms with Crippen molar-refractivity contribution in [1.29, 1.82) is 0 Å². The van der Waals surface area contributed by atoms with E-state index in [-0.39, 0.29) is 10.6 Å². The molecule has 4 nitrogen and oxygen atoms in total. The van der Waals surface area contributed by atoms with E-state index in [0.29, 0.717) is 12.0 Å². The fourth-order valence-corrected chi connectivity index (χ4v) is 2.54. The summed E-state index contributed by atoms with van der Waals surface area (Å²) in [7, 11) is 0. The Morgan fingerprint density at radius 3 is 1.94 bits per heavy atom. The van der Waals surface area contributed by atoms with E-state index in [2.05, 4.69) is 20.3 Å². The summed E-state index contributed by atoms with van der Waals surface area (Å²) in [4.78, 5) is 11.8. The zero-order chi connectivity index (χ0) is 12.1. The number of nitrogens with one attached hydrogen (secondary N) is 1. The maximum Gasteiger partial charge on any atom is 0.228 e. The van der Waals surface area contributed by atoms with Crippen molar-refractivity contribution in [2.75, 3.05) is 5.32 Å². The van der Waals surface area contributed by atoms with Gasteiger partial charge in [-0.15, -0.1) is 0 Å². The topological polar surface area (TPSA) is 50.7 Å². The molecule has 1 fully saturated rings. The summed E-state index contributed by atoms with van der Waals surface area (Å²) in [6.45, 7) is 0. The van der Waals surface area contributed by atoms with Crippen LogP contribution in [0.1, 0.15) is 44.9 Å². The van der Waals surface area contributed by atoms with Gasteiger partial charge in [0.25, 0.3) is 0 Å². The number of halogens is 2. The Hall–Kier alpha value is -0.610. The standard InChI is InChI=1S/C11H16Cl2N4/c12-9-15-10(13)17-11(16-9)14-8-6-4-2-1-3-5-7-8/h8H,1-7H2,(H,14,15,16,17). The third-order valence-corrected chi connectivity index (χ3v) is 3.36. The van der Waals surface area contributed by atoms with Gasteiger partial charge in [-0.25, -0.2) is 0 Å². The van der Waals surface area contributed by atoms with Gasteiger partial charge in [0.2, 0.25) is 16.5 Å². The molecule has 1 saturated carbocycles. The van der Waals surface area contributed by atoms with Crippen molar-refractivity contribution >= 4 is 29.2 Å². The lowest BCUT2D eigenvalue weighted by atomic mass is 9.97. The van der Waals surface area contributed by atoms with Crippen LogP contribution >= 0.6 is 23.2 Å². The predicted octanol–water partition coefficient (Wildman–Crippen LogP) is 3.70. The molecule has 0 bridgehead atoms. The Bertz CT molecular complexity index is 344. The van der Waals surface area contributed by atoms with Crippen molar-refractivity contribution in [3.05, 3.63) is 10.6 Å². The number of hydrogen-bond acceptors (Lipinski definition) is 4. The largest absolute Gasteiger partial charge is 0.351 e. The maximum atomic E-state index is 5.74. The second-order valence-electron chi connectivity index (χ2n) is 4.38. The fraction of sp³-hybridized carbons (Fsp3) is 0.727. The zero-order valence-electron chi connectivity index (χ0n) is 9.62. The van der Waals surface area contributed by atoms with Crippen molar-refractivity contribution < 1.29 is 0 Å². The van der Waals surface area contributed by atoms with Crippen LogP contribution in [0.2, 0.25) is 10.6 Å². The number of aromatic nitrogens is 3. The van der Waals surface area contributed by atoms with Gasteiger partial charge in [-0.2, -0.15) is 15.0 Å². The lowest BCUT2D eigenvalue weighted by molar-refractivity contribution is 0.470. The fourth-order valence-electron chi connectivity index (χ4n) is 2.17. The molecule has 1 aliphatic rings. The highest BCUT2D eigenvalue weighted by Crippen LogP contribution is 2.20. The van der Waals surface area contributed by atoms with E-state index in [9.17, 15) is 0 Å². The number of anilines is 1. The van der Waals surface area contributed by atoms with Crippen LogP contribution in [0.3, 0.4) is 0 Å². The van der Waals surface area contributed by atoms with E-state index in [1.165, 1.54) is 32.1 Å². The second-order valence-corrected chi connectivity index (χ2v) is 5.06. The predicted molar refractivity (Wildman–Crippen MR) is 69.6 cm³/mol. The molecule has 0 unspecified atom stereocenters. The minimum atomic E-state index is 0.137. The third-order valence-electron chi connectivity index (χ3n) is 3.02. The molecule has 17 heavy (non-hydrogen) atoms. The Balaban J connectivity index is 1.97. The lowest BCUT2D eigenvalue weighted by Gasteiger charge is -2.20. The van der Waals surface area contributed by atoms with Crippen LogP contribution < -0.4 is 5.32 Å². The molecule has 0 amide bonds. The maximum absolute atomic E-state index is 5.74. The van der Waals surface area contributed by atoms with Crippen molar-refractivity contribution in [3.8, 4) is 0 Å². The van der Waals surface area contributed by atoms with Gasteiger partial charge in [0, 0.05) is 6.04 Å². The molecular weight excluding hydrogens is 259 g/mol. The van der Waals surface area contributed by atoms with Gasteiger partial charge in [-0.3, -0.25) is 0 Å². The molecule has 0 aliphatic heterocycles. The van der Waals surface area contributed by atoms with Crippen LogP contribution in [-0.2, 0) is 0 Å². The highest BCUT2D eigenvalue weighted by molar-refractivity contribution is 6.31. The van der Waals surface area contributed by atoms with Gasteiger partial charge in [-0.1, -0.05) is 32.1 Å². The molecule has 1 aromatic heterocycles. The van der Waals surface area contributed by atoms with Gasteiger partial charge in [0.1, 0.15) is 0 Å². The summed E-state index contributed by atoms with van der Waals surface area (Å²) in [5.41, 5.74) is 0. The molecule has 0 atom stereocenters. The van der Waals surface area contributed by atoms with E-state index >= 15 is 0 Å². The average molecular weight is 275 g/mol. The molecule has 1 N–H and O–H groups in total. The normalized spacial score (nSPS) is 18.5. The summed E-state index contributed by atoms with van der Waals surface area (Å²) in [6.07, 6.45) is 8.81. The molecule has 0 aromatic carbocycles. The van der Waals surface area contributed by atoms with Crippen LogP contribution in [0, 0.1) is 0 Å². The van der Waals surface area contributed by atoms with Crippen molar-refractivity contribution in [2.45, 2.75) is 51.0 Å².